The fourth-order valence-corrected chi connectivity index (χ4v) is 0.886. The van der Waals surface area contributed by atoms with Gasteiger partial charge in [-0.1, -0.05) is 50.5 Å². The van der Waals surface area contributed by atoms with E-state index >= 15 is 0 Å². The molecule has 3 heteroatoms. The third kappa shape index (κ3) is 5.85. The van der Waals surface area contributed by atoms with E-state index < -0.39 is 12.2 Å². The molecule has 0 spiro atoms. The molecule has 0 atom stereocenters. The summed E-state index contributed by atoms with van der Waals surface area (Å²) in [7, 11) is 0. The molecule has 94 valence electrons. The number of rotatable bonds is 7. The van der Waals surface area contributed by atoms with Crippen LogP contribution in [0.4, 0.5) is 8.78 Å². The Hall–Kier alpha value is -1.64. The van der Waals surface area contributed by atoms with Crippen molar-refractivity contribution < 1.29 is 13.5 Å². The first-order valence-corrected chi connectivity index (χ1v) is 5.26. The van der Waals surface area contributed by atoms with E-state index in [-0.39, 0.29) is 5.76 Å². The number of ether oxygens (including phenoxy) is 1. The minimum Gasteiger partial charge on any atom is -0.456 e. The van der Waals surface area contributed by atoms with E-state index in [1.165, 1.54) is 6.08 Å². The van der Waals surface area contributed by atoms with Gasteiger partial charge < -0.3 is 4.74 Å². The van der Waals surface area contributed by atoms with Crippen LogP contribution in [-0.2, 0) is 4.74 Å². The topological polar surface area (TPSA) is 9.23 Å². The van der Waals surface area contributed by atoms with E-state index in [1.807, 2.05) is 19.9 Å². The number of hydrogen-bond donors (Lipinski definition) is 0. The third-order valence-corrected chi connectivity index (χ3v) is 2.14. The maximum atomic E-state index is 12.2. The average molecular weight is 240 g/mol. The van der Waals surface area contributed by atoms with Crippen LogP contribution < -0.4 is 0 Å². The first kappa shape index (κ1) is 15.4. The van der Waals surface area contributed by atoms with Gasteiger partial charge in [-0.25, -0.2) is 8.78 Å². The van der Waals surface area contributed by atoms with Crippen molar-refractivity contribution in [3.05, 3.63) is 60.6 Å². The summed E-state index contributed by atoms with van der Waals surface area (Å²) in [5.74, 6) is -0.496. The first-order valence-electron chi connectivity index (χ1n) is 5.26. The lowest BCUT2D eigenvalue weighted by atomic mass is 10.1. The van der Waals surface area contributed by atoms with Crippen LogP contribution in [0, 0.1) is 0 Å². The van der Waals surface area contributed by atoms with E-state index in [2.05, 4.69) is 19.7 Å². The molecule has 0 bridgehead atoms. The summed E-state index contributed by atoms with van der Waals surface area (Å²) in [5, 5.41) is 0. The normalized spacial score (nSPS) is 12.5. The summed E-state index contributed by atoms with van der Waals surface area (Å²) in [6, 6.07) is 0. The molecule has 1 nitrogen and oxygen atoms in total. The molecule has 0 aliphatic heterocycles. The minimum absolute atomic E-state index is 0.116. The summed E-state index contributed by atoms with van der Waals surface area (Å²) < 4.78 is 29.2. The molecule has 0 amide bonds. The molecule has 0 aromatic carbocycles. The summed E-state index contributed by atoms with van der Waals surface area (Å²) in [4.78, 5) is 0. The molecular formula is C14H18F2O. The number of allylic oxidation sites excluding steroid dienone is 5. The average Bonchev–Trinajstić information content (AvgIpc) is 2.29. The van der Waals surface area contributed by atoms with Crippen LogP contribution in [0.1, 0.15) is 20.3 Å². The molecule has 0 heterocycles. The second-order valence-electron chi connectivity index (χ2n) is 3.48. The molecule has 0 radical (unpaired) electrons. The number of alkyl halides is 2. The second kappa shape index (κ2) is 7.60. The van der Waals surface area contributed by atoms with E-state index in [4.69, 9.17) is 4.74 Å². The molecule has 0 saturated carbocycles. The zero-order valence-corrected chi connectivity index (χ0v) is 10.3. The van der Waals surface area contributed by atoms with Gasteiger partial charge in [-0.2, -0.15) is 0 Å². The van der Waals surface area contributed by atoms with E-state index in [0.717, 1.165) is 12.0 Å². The van der Waals surface area contributed by atoms with Crippen molar-refractivity contribution >= 4 is 0 Å². The number of halogens is 2. The standard InChI is InChI=1S/C14H18F2O/c1-6-10(3)8-9-13(7-2)11(4)17-12(5)14(15)16/h7-9,14H,2,4-6H2,1,3H3/b10-8+,13-9+. The summed E-state index contributed by atoms with van der Waals surface area (Å²) >= 11 is 0. The summed E-state index contributed by atoms with van der Waals surface area (Å²) in [6.45, 7) is 14.3. The lowest BCUT2D eigenvalue weighted by Crippen LogP contribution is -2.01. The largest absolute Gasteiger partial charge is 0.456 e. The van der Waals surface area contributed by atoms with Gasteiger partial charge in [0.05, 0.1) is 0 Å². The van der Waals surface area contributed by atoms with Gasteiger partial charge in [0.1, 0.15) is 5.76 Å². The van der Waals surface area contributed by atoms with Gasteiger partial charge in [-0.3, -0.25) is 0 Å². The molecule has 17 heavy (non-hydrogen) atoms. The molecule has 0 aromatic heterocycles. The first-order chi connectivity index (χ1) is 7.92. The molecule has 0 aliphatic rings. The molecular weight excluding hydrogens is 222 g/mol. The van der Waals surface area contributed by atoms with Gasteiger partial charge in [0, 0.05) is 5.57 Å². The second-order valence-corrected chi connectivity index (χ2v) is 3.48. The summed E-state index contributed by atoms with van der Waals surface area (Å²) in [5.41, 5.74) is 1.71. The van der Waals surface area contributed by atoms with Crippen LogP contribution in [0.5, 0.6) is 0 Å². The molecule has 0 N–H and O–H groups in total. The van der Waals surface area contributed by atoms with Crippen molar-refractivity contribution in [1.29, 1.82) is 0 Å². The van der Waals surface area contributed by atoms with Gasteiger partial charge in [-0.05, 0) is 13.3 Å². The van der Waals surface area contributed by atoms with Crippen LogP contribution in [0.25, 0.3) is 0 Å². The monoisotopic (exact) mass is 240 g/mol. The Morgan fingerprint density at radius 1 is 1.29 bits per heavy atom. The smallest absolute Gasteiger partial charge is 0.294 e. The van der Waals surface area contributed by atoms with E-state index in [0.29, 0.717) is 5.57 Å². The van der Waals surface area contributed by atoms with Gasteiger partial charge >= 0.3 is 0 Å². The Labute approximate surface area is 101 Å². The van der Waals surface area contributed by atoms with E-state index in [1.54, 1.807) is 6.08 Å². The highest BCUT2D eigenvalue weighted by molar-refractivity contribution is 5.37. The Bertz CT molecular complexity index is 362. The van der Waals surface area contributed by atoms with Crippen LogP contribution in [0.2, 0.25) is 0 Å². The highest BCUT2D eigenvalue weighted by Gasteiger charge is 2.11. The maximum absolute atomic E-state index is 12.2. The van der Waals surface area contributed by atoms with Gasteiger partial charge in [0.15, 0.2) is 5.76 Å². The minimum atomic E-state index is -2.72. The lowest BCUT2D eigenvalue weighted by Gasteiger charge is -2.10. The fourth-order valence-electron chi connectivity index (χ4n) is 0.886. The van der Waals surface area contributed by atoms with Crippen molar-refractivity contribution in [3.8, 4) is 0 Å². The lowest BCUT2D eigenvalue weighted by molar-refractivity contribution is 0.115. The molecule has 0 aliphatic carbocycles. The molecule has 0 unspecified atom stereocenters. The Kier molecular flexibility index (Phi) is 6.87. The third-order valence-electron chi connectivity index (χ3n) is 2.14. The highest BCUT2D eigenvalue weighted by Crippen LogP contribution is 2.18. The van der Waals surface area contributed by atoms with Crippen molar-refractivity contribution in [2.75, 3.05) is 0 Å². The SMILES string of the molecule is C=C/C(=C\C=C(/C)CC)C(=C)OC(=C)C(F)F. The predicted molar refractivity (Wildman–Crippen MR) is 67.7 cm³/mol. The Balaban J connectivity index is 4.73. The van der Waals surface area contributed by atoms with Crippen molar-refractivity contribution in [1.82, 2.24) is 0 Å². The quantitative estimate of drug-likeness (QED) is 0.460. The van der Waals surface area contributed by atoms with Crippen molar-refractivity contribution in [3.63, 3.8) is 0 Å². The number of hydrogen-bond acceptors (Lipinski definition) is 1. The predicted octanol–water partition coefficient (Wildman–Crippen LogP) is 4.76. The highest BCUT2D eigenvalue weighted by atomic mass is 19.3. The molecule has 0 rings (SSSR count). The van der Waals surface area contributed by atoms with Crippen LogP contribution in [0.3, 0.4) is 0 Å². The molecule has 0 saturated heterocycles. The van der Waals surface area contributed by atoms with E-state index in [9.17, 15) is 8.78 Å². The van der Waals surface area contributed by atoms with Crippen molar-refractivity contribution in [2.45, 2.75) is 26.7 Å². The van der Waals surface area contributed by atoms with Gasteiger partial charge in [0.2, 0.25) is 0 Å². The molecule has 0 fully saturated rings. The molecule has 0 aromatic rings. The fraction of sp³-hybridized carbons (Fsp3) is 0.286. The van der Waals surface area contributed by atoms with Gasteiger partial charge in [-0.15, -0.1) is 0 Å². The van der Waals surface area contributed by atoms with Crippen LogP contribution in [-0.4, -0.2) is 6.43 Å². The maximum Gasteiger partial charge on any atom is 0.294 e. The summed E-state index contributed by atoms with van der Waals surface area (Å²) in [6.07, 6.45) is 3.30. The Morgan fingerprint density at radius 2 is 1.88 bits per heavy atom. The zero-order valence-electron chi connectivity index (χ0n) is 10.3. The van der Waals surface area contributed by atoms with Crippen LogP contribution >= 0.6 is 0 Å². The Morgan fingerprint density at radius 3 is 2.29 bits per heavy atom. The van der Waals surface area contributed by atoms with Crippen molar-refractivity contribution in [2.24, 2.45) is 0 Å². The van der Waals surface area contributed by atoms with Crippen LogP contribution in [0.15, 0.2) is 60.6 Å². The van der Waals surface area contributed by atoms with Gasteiger partial charge in [0.25, 0.3) is 6.43 Å². The zero-order chi connectivity index (χ0) is 13.4.